The number of piperidine rings is 1. The summed E-state index contributed by atoms with van der Waals surface area (Å²) in [5.41, 5.74) is 2.83. The predicted octanol–water partition coefficient (Wildman–Crippen LogP) is 3.67. The van der Waals surface area contributed by atoms with Crippen LogP contribution in [0.4, 0.5) is 5.82 Å². The first-order valence-corrected chi connectivity index (χ1v) is 12.6. The minimum Gasteiger partial charge on any atom is -0.355 e. The highest BCUT2D eigenvalue weighted by Gasteiger charge is 2.49. The van der Waals surface area contributed by atoms with E-state index in [4.69, 9.17) is 4.98 Å². The van der Waals surface area contributed by atoms with Crippen LogP contribution >= 0.6 is 11.8 Å². The molecule has 2 aromatic carbocycles. The van der Waals surface area contributed by atoms with E-state index in [9.17, 15) is 8.42 Å². The monoisotopic (exact) mass is 440 g/mol. The molecule has 3 heterocycles. The van der Waals surface area contributed by atoms with Crippen molar-refractivity contribution in [2.75, 3.05) is 30.3 Å². The van der Waals surface area contributed by atoms with Gasteiger partial charge < -0.3 is 4.90 Å². The maximum atomic E-state index is 13.4. The van der Waals surface area contributed by atoms with Crippen LogP contribution in [0.2, 0.25) is 0 Å². The lowest BCUT2D eigenvalue weighted by Gasteiger charge is -2.43. The number of hydrogen-bond acceptors (Lipinski definition) is 6. The van der Waals surface area contributed by atoms with Gasteiger partial charge in [0.1, 0.15) is 5.82 Å². The maximum absolute atomic E-state index is 13.4. The van der Waals surface area contributed by atoms with Gasteiger partial charge >= 0.3 is 0 Å². The van der Waals surface area contributed by atoms with E-state index in [2.05, 4.69) is 9.88 Å². The van der Waals surface area contributed by atoms with Crippen LogP contribution < -0.4 is 4.90 Å². The van der Waals surface area contributed by atoms with Crippen molar-refractivity contribution >= 4 is 38.6 Å². The van der Waals surface area contributed by atoms with Gasteiger partial charge in [0.25, 0.3) is 0 Å². The Bertz CT molecular complexity index is 1170. The van der Waals surface area contributed by atoms with E-state index in [1.807, 2.05) is 49.5 Å². The number of nitrogens with zero attached hydrogens (tertiary/aromatic N) is 4. The highest BCUT2D eigenvalue weighted by Crippen LogP contribution is 2.47. The fourth-order valence-electron chi connectivity index (χ4n) is 4.35. The van der Waals surface area contributed by atoms with Crippen molar-refractivity contribution in [2.45, 2.75) is 29.5 Å². The topological polar surface area (TPSA) is 66.4 Å². The highest BCUT2D eigenvalue weighted by molar-refractivity contribution is 8.02. The predicted molar refractivity (Wildman–Crippen MR) is 121 cm³/mol. The van der Waals surface area contributed by atoms with E-state index in [1.165, 1.54) is 0 Å². The van der Waals surface area contributed by atoms with Crippen LogP contribution in [0.3, 0.4) is 0 Å². The Kier molecular flexibility index (Phi) is 4.95. The Hall–Kier alpha value is -2.16. The molecule has 5 rings (SSSR count). The molecule has 0 bridgehead atoms. The Morgan fingerprint density at radius 3 is 2.40 bits per heavy atom. The summed E-state index contributed by atoms with van der Waals surface area (Å²) < 4.78 is 28.5. The summed E-state index contributed by atoms with van der Waals surface area (Å²) in [7, 11) is -3.51. The fourth-order valence-corrected chi connectivity index (χ4v) is 7.96. The van der Waals surface area contributed by atoms with Crippen molar-refractivity contribution in [3.8, 4) is 0 Å². The van der Waals surface area contributed by atoms with Crippen molar-refractivity contribution in [3.63, 3.8) is 0 Å². The average molecular weight is 441 g/mol. The zero-order chi connectivity index (χ0) is 20.8. The molecule has 156 valence electrons. The van der Waals surface area contributed by atoms with E-state index >= 15 is 0 Å². The maximum Gasteiger partial charge on any atom is 0.244 e. The zero-order valence-electron chi connectivity index (χ0n) is 16.9. The Labute approximate surface area is 181 Å². The van der Waals surface area contributed by atoms with Crippen LogP contribution in [-0.2, 0) is 10.0 Å². The summed E-state index contributed by atoms with van der Waals surface area (Å²) in [6.07, 6.45) is 3.37. The summed E-state index contributed by atoms with van der Waals surface area (Å²) in [6.45, 7) is 4.06. The van der Waals surface area contributed by atoms with Gasteiger partial charge in [-0.3, -0.25) is 4.98 Å². The standard InChI is InChI=1S/C22H24N4O2S2/c1-17-6-8-18(9-7-17)30(27,28)26-14-15-29-22(26)10-12-25(13-11-22)21-16-23-19-4-2-3-5-20(19)24-21/h2-9,16H,10-15H2,1H3. The lowest BCUT2D eigenvalue weighted by atomic mass is 10.0. The molecule has 2 saturated heterocycles. The summed E-state index contributed by atoms with van der Waals surface area (Å²) in [5.74, 6) is 1.69. The van der Waals surface area contributed by atoms with Crippen molar-refractivity contribution in [1.29, 1.82) is 0 Å². The molecule has 0 amide bonds. The number of para-hydroxylation sites is 2. The molecule has 2 fully saturated rings. The summed E-state index contributed by atoms with van der Waals surface area (Å²) in [4.78, 5) is 11.5. The first-order valence-electron chi connectivity index (χ1n) is 10.2. The largest absolute Gasteiger partial charge is 0.355 e. The molecule has 6 nitrogen and oxygen atoms in total. The van der Waals surface area contributed by atoms with Gasteiger partial charge in [-0.2, -0.15) is 4.31 Å². The number of rotatable bonds is 3. The number of hydrogen-bond donors (Lipinski definition) is 0. The van der Waals surface area contributed by atoms with E-state index in [-0.39, 0.29) is 4.87 Å². The molecule has 2 aliphatic heterocycles. The summed E-state index contributed by atoms with van der Waals surface area (Å²) >= 11 is 1.78. The second-order valence-corrected chi connectivity index (χ2v) is 11.2. The SMILES string of the molecule is Cc1ccc(S(=O)(=O)N2CCSC23CCN(c2cnc4ccccc4n2)CC3)cc1. The smallest absolute Gasteiger partial charge is 0.244 e. The van der Waals surface area contributed by atoms with Gasteiger partial charge in [0, 0.05) is 25.4 Å². The number of aryl methyl sites for hydroxylation is 1. The number of fused-ring (bicyclic) bond motifs is 1. The van der Waals surface area contributed by atoms with Crippen LogP contribution in [0.1, 0.15) is 18.4 Å². The molecular formula is C22H24N4O2S2. The molecule has 0 saturated carbocycles. The van der Waals surface area contributed by atoms with Crippen LogP contribution in [0, 0.1) is 6.92 Å². The van der Waals surface area contributed by atoms with Gasteiger partial charge in [0.2, 0.25) is 10.0 Å². The Morgan fingerprint density at radius 2 is 1.67 bits per heavy atom. The molecule has 0 unspecified atom stereocenters. The van der Waals surface area contributed by atoms with Crippen molar-refractivity contribution in [2.24, 2.45) is 0 Å². The number of aromatic nitrogens is 2. The second kappa shape index (κ2) is 7.51. The van der Waals surface area contributed by atoms with Crippen LogP contribution in [0.15, 0.2) is 59.6 Å². The van der Waals surface area contributed by atoms with Gasteiger partial charge in [0.05, 0.1) is 27.0 Å². The Morgan fingerprint density at radius 1 is 0.967 bits per heavy atom. The van der Waals surface area contributed by atoms with Crippen LogP contribution in [0.25, 0.3) is 11.0 Å². The lowest BCUT2D eigenvalue weighted by molar-refractivity contribution is 0.266. The normalized spacial score (nSPS) is 19.6. The first-order chi connectivity index (χ1) is 14.5. The molecule has 0 radical (unpaired) electrons. The highest BCUT2D eigenvalue weighted by atomic mass is 32.2. The molecule has 3 aromatic rings. The molecule has 8 heteroatoms. The van der Waals surface area contributed by atoms with Crippen molar-refractivity contribution in [1.82, 2.24) is 14.3 Å². The quantitative estimate of drug-likeness (QED) is 0.619. The van der Waals surface area contributed by atoms with E-state index in [0.717, 1.165) is 54.1 Å². The summed E-state index contributed by atoms with van der Waals surface area (Å²) in [6, 6.07) is 15.0. The number of sulfonamides is 1. The van der Waals surface area contributed by atoms with Gasteiger partial charge in [-0.25, -0.2) is 13.4 Å². The van der Waals surface area contributed by atoms with E-state index in [1.54, 1.807) is 28.2 Å². The minimum atomic E-state index is -3.51. The number of anilines is 1. The zero-order valence-corrected chi connectivity index (χ0v) is 18.5. The van der Waals surface area contributed by atoms with E-state index < -0.39 is 10.0 Å². The van der Waals surface area contributed by atoms with Gasteiger partial charge in [-0.05, 0) is 44.0 Å². The van der Waals surface area contributed by atoms with E-state index in [0.29, 0.717) is 11.4 Å². The average Bonchev–Trinajstić information content (AvgIpc) is 3.18. The van der Waals surface area contributed by atoms with Gasteiger partial charge in [-0.1, -0.05) is 29.8 Å². The molecule has 0 atom stereocenters. The molecule has 1 aromatic heterocycles. The van der Waals surface area contributed by atoms with Crippen molar-refractivity contribution in [3.05, 3.63) is 60.3 Å². The molecule has 1 spiro atoms. The lowest BCUT2D eigenvalue weighted by Crippen LogP contribution is -2.52. The number of thioether (sulfide) groups is 1. The third kappa shape index (κ3) is 3.36. The first kappa shape index (κ1) is 19.8. The molecular weight excluding hydrogens is 416 g/mol. The van der Waals surface area contributed by atoms with Crippen LogP contribution in [-0.4, -0.2) is 52.9 Å². The van der Waals surface area contributed by atoms with Gasteiger partial charge in [0.15, 0.2) is 0 Å². The van der Waals surface area contributed by atoms with Gasteiger partial charge in [-0.15, -0.1) is 11.8 Å². The summed E-state index contributed by atoms with van der Waals surface area (Å²) in [5, 5.41) is 0. The number of benzene rings is 2. The molecule has 30 heavy (non-hydrogen) atoms. The third-order valence-electron chi connectivity index (χ3n) is 6.03. The molecule has 0 N–H and O–H groups in total. The minimum absolute atomic E-state index is 0.371. The Balaban J connectivity index is 1.37. The van der Waals surface area contributed by atoms with Crippen LogP contribution in [0.5, 0.6) is 0 Å². The molecule has 2 aliphatic rings. The fraction of sp³-hybridized carbons (Fsp3) is 0.364. The third-order valence-corrected chi connectivity index (χ3v) is 9.68. The van der Waals surface area contributed by atoms with Crippen molar-refractivity contribution < 1.29 is 8.42 Å². The molecule has 0 aliphatic carbocycles. The second-order valence-electron chi connectivity index (χ2n) is 7.89.